The summed E-state index contributed by atoms with van der Waals surface area (Å²) >= 11 is 0. The van der Waals surface area contributed by atoms with Crippen LogP contribution in [0.3, 0.4) is 0 Å². The van der Waals surface area contributed by atoms with Crippen LogP contribution in [0.4, 0.5) is 11.5 Å². The molecule has 0 aliphatic heterocycles. The standard InChI is InChI=1S/C20H19N3O3/c1-14-10-19(22-13-21-14)23-16-4-3-5-18(12-16)26-20(24)11-15-6-8-17(25-2)9-7-15/h3-10,12-13H,11H2,1-2H3,(H,21,22,23). The number of carbonyl (C=O) groups excluding carboxylic acids is 1. The van der Waals surface area contributed by atoms with Crippen molar-refractivity contribution in [3.8, 4) is 11.5 Å². The average molecular weight is 349 g/mol. The number of aryl methyl sites for hydroxylation is 1. The van der Waals surface area contributed by atoms with E-state index in [1.165, 1.54) is 6.33 Å². The molecule has 26 heavy (non-hydrogen) atoms. The number of methoxy groups -OCH3 is 1. The molecule has 0 atom stereocenters. The van der Waals surface area contributed by atoms with Crippen LogP contribution in [0.5, 0.6) is 11.5 Å². The topological polar surface area (TPSA) is 73.3 Å². The molecular weight excluding hydrogens is 330 g/mol. The van der Waals surface area contributed by atoms with E-state index in [0.29, 0.717) is 11.6 Å². The first-order chi connectivity index (χ1) is 12.6. The van der Waals surface area contributed by atoms with Crippen LogP contribution in [0.25, 0.3) is 0 Å². The third-order valence-electron chi connectivity index (χ3n) is 3.65. The third kappa shape index (κ3) is 4.80. The molecule has 132 valence electrons. The molecule has 3 aromatic rings. The van der Waals surface area contributed by atoms with Gasteiger partial charge in [-0.2, -0.15) is 0 Å². The van der Waals surface area contributed by atoms with Gasteiger partial charge in [0, 0.05) is 23.5 Å². The molecule has 0 spiro atoms. The summed E-state index contributed by atoms with van der Waals surface area (Å²) in [4.78, 5) is 20.4. The fraction of sp³-hybridized carbons (Fsp3) is 0.150. The summed E-state index contributed by atoms with van der Waals surface area (Å²) in [5.74, 6) is 1.57. The minimum Gasteiger partial charge on any atom is -0.497 e. The highest BCUT2D eigenvalue weighted by atomic mass is 16.5. The van der Waals surface area contributed by atoms with Crippen molar-refractivity contribution in [3.05, 3.63) is 72.2 Å². The van der Waals surface area contributed by atoms with Gasteiger partial charge >= 0.3 is 5.97 Å². The van der Waals surface area contributed by atoms with Crippen molar-refractivity contribution < 1.29 is 14.3 Å². The SMILES string of the molecule is COc1ccc(CC(=O)Oc2cccc(Nc3cc(C)ncn3)c2)cc1. The van der Waals surface area contributed by atoms with Gasteiger partial charge in [0.25, 0.3) is 0 Å². The molecule has 0 fully saturated rings. The smallest absolute Gasteiger partial charge is 0.315 e. The Morgan fingerprint density at radius 1 is 1.04 bits per heavy atom. The Labute approximate surface area is 151 Å². The molecule has 1 heterocycles. The molecular formula is C20H19N3O3. The highest BCUT2D eigenvalue weighted by Gasteiger charge is 2.08. The van der Waals surface area contributed by atoms with Crippen LogP contribution in [0.15, 0.2) is 60.9 Å². The number of anilines is 2. The lowest BCUT2D eigenvalue weighted by Gasteiger charge is -2.09. The van der Waals surface area contributed by atoms with Gasteiger partial charge in [0.15, 0.2) is 0 Å². The van der Waals surface area contributed by atoms with Crippen molar-refractivity contribution in [2.24, 2.45) is 0 Å². The second-order valence-corrected chi connectivity index (χ2v) is 5.70. The van der Waals surface area contributed by atoms with E-state index in [0.717, 1.165) is 22.7 Å². The van der Waals surface area contributed by atoms with Crippen LogP contribution in [0, 0.1) is 6.92 Å². The summed E-state index contributed by atoms with van der Waals surface area (Å²) in [6.07, 6.45) is 1.68. The van der Waals surface area contributed by atoms with Gasteiger partial charge in [0.2, 0.25) is 0 Å². The molecule has 6 nitrogen and oxygen atoms in total. The van der Waals surface area contributed by atoms with E-state index in [1.807, 2.05) is 49.4 Å². The van der Waals surface area contributed by atoms with Crippen LogP contribution in [-0.2, 0) is 11.2 Å². The van der Waals surface area contributed by atoms with Gasteiger partial charge in [-0.05, 0) is 36.8 Å². The summed E-state index contributed by atoms with van der Waals surface area (Å²) in [7, 11) is 1.60. The van der Waals surface area contributed by atoms with Crippen molar-refractivity contribution in [2.45, 2.75) is 13.3 Å². The predicted molar refractivity (Wildman–Crippen MR) is 98.8 cm³/mol. The largest absolute Gasteiger partial charge is 0.497 e. The number of aromatic nitrogens is 2. The minimum absolute atomic E-state index is 0.187. The Kier molecular flexibility index (Phi) is 5.43. The second kappa shape index (κ2) is 8.11. The molecule has 0 saturated carbocycles. The summed E-state index contributed by atoms with van der Waals surface area (Å²) in [6, 6.07) is 16.3. The zero-order chi connectivity index (χ0) is 18.4. The Morgan fingerprint density at radius 3 is 2.58 bits per heavy atom. The molecule has 0 radical (unpaired) electrons. The average Bonchev–Trinajstić information content (AvgIpc) is 2.62. The summed E-state index contributed by atoms with van der Waals surface area (Å²) in [6.45, 7) is 1.89. The molecule has 0 amide bonds. The number of benzene rings is 2. The molecule has 0 unspecified atom stereocenters. The van der Waals surface area contributed by atoms with E-state index < -0.39 is 0 Å². The van der Waals surface area contributed by atoms with E-state index >= 15 is 0 Å². The minimum atomic E-state index is -0.329. The Hall–Kier alpha value is -3.41. The van der Waals surface area contributed by atoms with Gasteiger partial charge in [-0.25, -0.2) is 9.97 Å². The Balaban J connectivity index is 1.63. The molecule has 6 heteroatoms. The number of nitrogens with one attached hydrogen (secondary N) is 1. The Morgan fingerprint density at radius 2 is 1.85 bits per heavy atom. The van der Waals surface area contributed by atoms with Gasteiger partial charge in [-0.3, -0.25) is 4.79 Å². The molecule has 3 rings (SSSR count). The highest BCUT2D eigenvalue weighted by molar-refractivity contribution is 5.75. The number of hydrogen-bond acceptors (Lipinski definition) is 6. The van der Waals surface area contributed by atoms with Crippen molar-refractivity contribution in [1.29, 1.82) is 0 Å². The maximum absolute atomic E-state index is 12.2. The molecule has 1 N–H and O–H groups in total. The molecule has 1 aromatic heterocycles. The van der Waals surface area contributed by atoms with Crippen LogP contribution in [-0.4, -0.2) is 23.0 Å². The quantitative estimate of drug-likeness (QED) is 0.540. The number of ether oxygens (including phenoxy) is 2. The van der Waals surface area contributed by atoms with Crippen LogP contribution < -0.4 is 14.8 Å². The summed E-state index contributed by atoms with van der Waals surface area (Å²) in [5.41, 5.74) is 2.50. The van der Waals surface area contributed by atoms with Gasteiger partial charge in [0.05, 0.1) is 13.5 Å². The lowest BCUT2D eigenvalue weighted by atomic mass is 10.1. The number of nitrogens with zero attached hydrogens (tertiary/aromatic N) is 2. The highest BCUT2D eigenvalue weighted by Crippen LogP contribution is 2.21. The van der Waals surface area contributed by atoms with Crippen molar-refractivity contribution in [1.82, 2.24) is 9.97 Å². The van der Waals surface area contributed by atoms with Crippen LogP contribution >= 0.6 is 0 Å². The van der Waals surface area contributed by atoms with Crippen LogP contribution in [0.1, 0.15) is 11.3 Å². The monoisotopic (exact) mass is 349 g/mol. The molecule has 2 aromatic carbocycles. The zero-order valence-corrected chi connectivity index (χ0v) is 14.6. The fourth-order valence-electron chi connectivity index (χ4n) is 2.39. The first kappa shape index (κ1) is 17.4. The van der Waals surface area contributed by atoms with E-state index in [9.17, 15) is 4.79 Å². The van der Waals surface area contributed by atoms with Crippen molar-refractivity contribution >= 4 is 17.5 Å². The Bertz CT molecular complexity index is 895. The molecule has 0 aliphatic rings. The van der Waals surface area contributed by atoms with E-state index in [4.69, 9.17) is 9.47 Å². The first-order valence-electron chi connectivity index (χ1n) is 8.12. The first-order valence-corrected chi connectivity index (χ1v) is 8.12. The normalized spacial score (nSPS) is 10.2. The maximum Gasteiger partial charge on any atom is 0.315 e. The van der Waals surface area contributed by atoms with E-state index in [1.54, 1.807) is 19.2 Å². The van der Waals surface area contributed by atoms with E-state index in [2.05, 4.69) is 15.3 Å². The van der Waals surface area contributed by atoms with Crippen molar-refractivity contribution in [2.75, 3.05) is 12.4 Å². The maximum atomic E-state index is 12.2. The van der Waals surface area contributed by atoms with Gasteiger partial charge < -0.3 is 14.8 Å². The van der Waals surface area contributed by atoms with Crippen LogP contribution in [0.2, 0.25) is 0 Å². The third-order valence-corrected chi connectivity index (χ3v) is 3.65. The summed E-state index contributed by atoms with van der Waals surface area (Å²) < 4.78 is 10.5. The molecule has 0 bridgehead atoms. The molecule has 0 aliphatic carbocycles. The lowest BCUT2D eigenvalue weighted by Crippen LogP contribution is -2.11. The predicted octanol–water partition coefficient (Wildman–Crippen LogP) is 3.69. The van der Waals surface area contributed by atoms with Crippen molar-refractivity contribution in [3.63, 3.8) is 0 Å². The summed E-state index contributed by atoms with van der Waals surface area (Å²) in [5, 5.41) is 3.16. The number of hydrogen-bond donors (Lipinski definition) is 1. The van der Waals surface area contributed by atoms with Gasteiger partial charge in [-0.15, -0.1) is 0 Å². The lowest BCUT2D eigenvalue weighted by molar-refractivity contribution is -0.133. The number of rotatable bonds is 6. The van der Waals surface area contributed by atoms with E-state index in [-0.39, 0.29) is 12.4 Å². The second-order valence-electron chi connectivity index (χ2n) is 5.70. The number of carbonyl (C=O) groups is 1. The fourth-order valence-corrected chi connectivity index (χ4v) is 2.39. The zero-order valence-electron chi connectivity index (χ0n) is 14.6. The van der Waals surface area contributed by atoms with Gasteiger partial charge in [-0.1, -0.05) is 18.2 Å². The molecule has 0 saturated heterocycles. The van der Waals surface area contributed by atoms with Gasteiger partial charge in [0.1, 0.15) is 23.6 Å². The number of esters is 1.